The Morgan fingerprint density at radius 3 is 2.61 bits per heavy atom. The summed E-state index contributed by atoms with van der Waals surface area (Å²) in [5.74, 6) is 0.619. The number of nitrogens with zero attached hydrogens (tertiary/aromatic N) is 4. The number of hydrogen-bond acceptors (Lipinski definition) is 5. The van der Waals surface area contributed by atoms with Crippen molar-refractivity contribution >= 4 is 29.0 Å². The van der Waals surface area contributed by atoms with Gasteiger partial charge in [0.2, 0.25) is 5.89 Å². The Morgan fingerprint density at radius 2 is 1.89 bits per heavy atom. The zero-order valence-corrected chi connectivity index (χ0v) is 15.3. The molecule has 3 aromatic heterocycles. The Morgan fingerprint density at radius 1 is 1.14 bits per heavy atom. The second kappa shape index (κ2) is 7.10. The molecule has 4 rings (SSSR count). The maximum atomic E-state index is 13.0. The minimum Gasteiger partial charge on any atom is -0.440 e. The Bertz CT molecular complexity index is 1140. The van der Waals surface area contributed by atoms with Crippen LogP contribution in [-0.4, -0.2) is 19.6 Å². The van der Waals surface area contributed by atoms with Crippen LogP contribution in [0.2, 0.25) is 5.02 Å². The van der Waals surface area contributed by atoms with E-state index in [4.69, 9.17) is 16.0 Å². The third kappa shape index (κ3) is 3.69. The van der Waals surface area contributed by atoms with Crippen LogP contribution in [0.4, 0.5) is 17.6 Å². The van der Waals surface area contributed by atoms with Crippen LogP contribution < -0.4 is 0 Å². The fourth-order valence-electron chi connectivity index (χ4n) is 2.44. The lowest BCUT2D eigenvalue weighted by Crippen LogP contribution is -2.07. The van der Waals surface area contributed by atoms with Crippen LogP contribution >= 0.6 is 23.4 Å². The molecule has 0 saturated carbocycles. The quantitative estimate of drug-likeness (QED) is 0.318. The van der Waals surface area contributed by atoms with Crippen molar-refractivity contribution in [1.29, 1.82) is 0 Å². The predicted octanol–water partition coefficient (Wildman–Crippen LogP) is 5.49. The number of aromatic nitrogens is 4. The first kappa shape index (κ1) is 18.8. The van der Waals surface area contributed by atoms with Crippen molar-refractivity contribution in [2.75, 3.05) is 0 Å². The summed E-state index contributed by atoms with van der Waals surface area (Å²) in [6.45, 7) is 0. The van der Waals surface area contributed by atoms with Crippen LogP contribution in [0.3, 0.4) is 0 Å². The summed E-state index contributed by atoms with van der Waals surface area (Å²) in [6.07, 6.45) is -2.16. The summed E-state index contributed by atoms with van der Waals surface area (Å²) in [7, 11) is 0. The molecule has 0 fully saturated rings. The van der Waals surface area contributed by atoms with E-state index in [0.29, 0.717) is 17.2 Å². The summed E-state index contributed by atoms with van der Waals surface area (Å²) < 4.78 is 58.8. The number of hydrogen-bond donors (Lipinski definition) is 0. The van der Waals surface area contributed by atoms with Gasteiger partial charge in [-0.2, -0.15) is 13.2 Å². The van der Waals surface area contributed by atoms with Gasteiger partial charge in [-0.3, -0.25) is 4.40 Å². The highest BCUT2D eigenvalue weighted by atomic mass is 35.5. The summed E-state index contributed by atoms with van der Waals surface area (Å²) in [5.41, 5.74) is -0.127. The van der Waals surface area contributed by atoms with Crippen molar-refractivity contribution in [3.8, 4) is 11.3 Å². The van der Waals surface area contributed by atoms with Crippen LogP contribution in [0.5, 0.6) is 0 Å². The highest BCUT2D eigenvalue weighted by Gasteiger charge is 2.32. The summed E-state index contributed by atoms with van der Waals surface area (Å²) in [5, 5.41) is 7.77. The normalized spacial score (nSPS) is 12.0. The van der Waals surface area contributed by atoms with Crippen LogP contribution in [0.15, 0.2) is 52.3 Å². The fraction of sp³-hybridized carbons (Fsp3) is 0.118. The van der Waals surface area contributed by atoms with Crippen LogP contribution in [0.25, 0.3) is 17.0 Å². The van der Waals surface area contributed by atoms with Gasteiger partial charge >= 0.3 is 6.18 Å². The molecule has 1 aromatic carbocycles. The van der Waals surface area contributed by atoms with E-state index >= 15 is 0 Å². The van der Waals surface area contributed by atoms with Gasteiger partial charge < -0.3 is 4.42 Å². The molecule has 5 nitrogen and oxygen atoms in total. The Balaban J connectivity index is 1.56. The van der Waals surface area contributed by atoms with E-state index < -0.39 is 11.7 Å². The van der Waals surface area contributed by atoms with Crippen molar-refractivity contribution in [3.63, 3.8) is 0 Å². The number of rotatable bonds is 4. The van der Waals surface area contributed by atoms with E-state index in [-0.39, 0.29) is 27.4 Å². The molecule has 0 amide bonds. The molecular formula is C17H9ClF4N4OS. The second-order valence-electron chi connectivity index (χ2n) is 5.66. The molecule has 4 aromatic rings. The number of alkyl halides is 3. The third-order valence-corrected chi connectivity index (χ3v) is 4.97. The molecule has 0 aliphatic carbocycles. The van der Waals surface area contributed by atoms with Gasteiger partial charge in [-0.15, -0.1) is 10.2 Å². The molecule has 11 heteroatoms. The SMILES string of the molecule is Fc1ccc(-c2cnc(CSc3nnc4c(Cl)cc(C(F)(F)F)cn34)o2)cc1. The van der Waals surface area contributed by atoms with Crippen molar-refractivity contribution in [2.24, 2.45) is 0 Å². The number of fused-ring (bicyclic) bond motifs is 1. The molecule has 0 atom stereocenters. The lowest BCUT2D eigenvalue weighted by Gasteiger charge is -2.08. The van der Waals surface area contributed by atoms with Crippen molar-refractivity contribution in [1.82, 2.24) is 19.6 Å². The number of pyridine rings is 1. The smallest absolute Gasteiger partial charge is 0.417 e. The highest BCUT2D eigenvalue weighted by molar-refractivity contribution is 7.98. The molecule has 0 aliphatic rings. The predicted molar refractivity (Wildman–Crippen MR) is 94.5 cm³/mol. The molecule has 0 saturated heterocycles. The van der Waals surface area contributed by atoms with Gasteiger partial charge in [0.1, 0.15) is 5.82 Å². The highest BCUT2D eigenvalue weighted by Crippen LogP contribution is 2.34. The summed E-state index contributed by atoms with van der Waals surface area (Å²) in [6, 6.07) is 6.52. The number of halogens is 5. The summed E-state index contributed by atoms with van der Waals surface area (Å²) in [4.78, 5) is 4.12. The van der Waals surface area contributed by atoms with E-state index in [1.807, 2.05) is 0 Å². The Hall–Kier alpha value is -2.59. The Kier molecular flexibility index (Phi) is 4.76. The standard InChI is InChI=1S/C17H9ClF4N4OS/c18-12-5-10(17(20,21)22)7-26-15(12)24-25-16(26)28-8-14-23-6-13(27-14)9-1-3-11(19)4-2-9/h1-7H,8H2. The zero-order chi connectivity index (χ0) is 19.9. The monoisotopic (exact) mass is 428 g/mol. The van der Waals surface area contributed by atoms with Gasteiger partial charge in [-0.25, -0.2) is 9.37 Å². The first-order chi connectivity index (χ1) is 13.3. The van der Waals surface area contributed by atoms with Gasteiger partial charge in [-0.1, -0.05) is 23.4 Å². The van der Waals surface area contributed by atoms with Crippen LogP contribution in [0, 0.1) is 5.82 Å². The number of thioether (sulfide) groups is 1. The summed E-state index contributed by atoms with van der Waals surface area (Å²) >= 11 is 6.99. The topological polar surface area (TPSA) is 56.2 Å². The molecule has 28 heavy (non-hydrogen) atoms. The zero-order valence-electron chi connectivity index (χ0n) is 13.7. The average Bonchev–Trinajstić information content (AvgIpc) is 3.27. The van der Waals surface area contributed by atoms with Crippen molar-refractivity contribution in [2.45, 2.75) is 17.1 Å². The van der Waals surface area contributed by atoms with Crippen LogP contribution in [-0.2, 0) is 11.9 Å². The maximum absolute atomic E-state index is 13.0. The van der Waals surface area contributed by atoms with E-state index in [0.717, 1.165) is 24.0 Å². The van der Waals surface area contributed by atoms with E-state index in [1.165, 1.54) is 22.7 Å². The molecule has 0 bridgehead atoms. The Labute approximate surface area is 164 Å². The van der Waals surface area contributed by atoms with E-state index in [9.17, 15) is 17.6 Å². The lowest BCUT2D eigenvalue weighted by molar-refractivity contribution is -0.137. The third-order valence-electron chi connectivity index (χ3n) is 3.76. The number of oxazole rings is 1. The van der Waals surface area contributed by atoms with Gasteiger partial charge in [0.05, 0.1) is 22.5 Å². The molecule has 0 unspecified atom stereocenters. The van der Waals surface area contributed by atoms with Crippen molar-refractivity contribution < 1.29 is 22.0 Å². The lowest BCUT2D eigenvalue weighted by atomic mass is 10.2. The van der Waals surface area contributed by atoms with Gasteiger partial charge in [0.25, 0.3) is 0 Å². The van der Waals surface area contributed by atoms with Gasteiger partial charge in [-0.05, 0) is 30.3 Å². The van der Waals surface area contributed by atoms with Crippen LogP contribution in [0.1, 0.15) is 11.5 Å². The second-order valence-corrected chi connectivity index (χ2v) is 7.01. The molecule has 3 heterocycles. The number of benzene rings is 1. The fourth-order valence-corrected chi connectivity index (χ4v) is 3.45. The first-order valence-electron chi connectivity index (χ1n) is 7.76. The molecule has 0 spiro atoms. The molecule has 0 N–H and O–H groups in total. The average molecular weight is 429 g/mol. The largest absolute Gasteiger partial charge is 0.440 e. The maximum Gasteiger partial charge on any atom is 0.417 e. The van der Waals surface area contributed by atoms with E-state index in [2.05, 4.69) is 15.2 Å². The van der Waals surface area contributed by atoms with Crippen molar-refractivity contribution in [3.05, 3.63) is 65.0 Å². The molecule has 144 valence electrons. The van der Waals surface area contributed by atoms with Gasteiger partial charge in [0, 0.05) is 11.8 Å². The first-order valence-corrected chi connectivity index (χ1v) is 9.12. The minimum atomic E-state index is -4.54. The van der Waals surface area contributed by atoms with Gasteiger partial charge in [0.15, 0.2) is 16.6 Å². The molecular weight excluding hydrogens is 420 g/mol. The molecule has 0 radical (unpaired) electrons. The van der Waals surface area contributed by atoms with E-state index in [1.54, 1.807) is 12.1 Å². The molecule has 0 aliphatic heterocycles. The minimum absolute atomic E-state index is 0.122.